The first-order valence-corrected chi connectivity index (χ1v) is 6.56. The molecule has 0 bridgehead atoms. The van der Waals surface area contributed by atoms with Gasteiger partial charge in [-0.3, -0.25) is 4.79 Å². The summed E-state index contributed by atoms with van der Waals surface area (Å²) in [4.78, 5) is 18.8. The smallest absolute Gasteiger partial charge is 0.228 e. The number of hydrogen-bond donors (Lipinski definition) is 1. The second-order valence-corrected chi connectivity index (χ2v) is 5.32. The molecule has 0 saturated carbocycles. The summed E-state index contributed by atoms with van der Waals surface area (Å²) < 4.78 is 7.30. The van der Waals surface area contributed by atoms with Crippen molar-refractivity contribution in [3.8, 4) is 0 Å². The minimum atomic E-state index is -0.348. The summed E-state index contributed by atoms with van der Waals surface area (Å²) in [6, 6.07) is 0. The van der Waals surface area contributed by atoms with Crippen molar-refractivity contribution in [1.29, 1.82) is 0 Å². The van der Waals surface area contributed by atoms with Crippen molar-refractivity contribution in [3.63, 3.8) is 0 Å². The van der Waals surface area contributed by atoms with Gasteiger partial charge in [0.25, 0.3) is 0 Å². The molecule has 104 valence electrons. The number of rotatable bonds is 2. The second kappa shape index (κ2) is 4.48. The maximum atomic E-state index is 12.3. The zero-order valence-corrected chi connectivity index (χ0v) is 11.3. The molecule has 1 amide bonds. The van der Waals surface area contributed by atoms with Crippen LogP contribution in [-0.4, -0.2) is 54.0 Å². The van der Waals surface area contributed by atoms with Crippen LogP contribution >= 0.6 is 0 Å². The molecule has 19 heavy (non-hydrogen) atoms. The summed E-state index contributed by atoms with van der Waals surface area (Å²) in [5.74, 6) is 1.15. The molecule has 1 N–H and O–H groups in total. The highest BCUT2D eigenvalue weighted by Gasteiger charge is 2.53. The average Bonchev–Trinajstić information content (AvgIpc) is 3.01. The fourth-order valence-electron chi connectivity index (χ4n) is 3.30. The summed E-state index contributed by atoms with van der Waals surface area (Å²) in [7, 11) is 3.57. The Labute approximate surface area is 111 Å². The molecule has 0 unspecified atom stereocenters. The molecule has 2 aliphatic heterocycles. The zero-order chi connectivity index (χ0) is 13.5. The first kappa shape index (κ1) is 12.4. The SMILES string of the molecule is CNC(=O)[C@]12CCOC[C@H]1CN(c1ncnn1C)C2. The largest absolute Gasteiger partial charge is 0.381 e. The first-order valence-electron chi connectivity index (χ1n) is 6.56. The predicted octanol–water partition coefficient (Wildman–Crippen LogP) is -0.596. The molecule has 7 heteroatoms. The van der Waals surface area contributed by atoms with E-state index in [0.717, 1.165) is 18.9 Å². The van der Waals surface area contributed by atoms with Gasteiger partial charge in [-0.2, -0.15) is 10.1 Å². The van der Waals surface area contributed by atoms with Crippen LogP contribution in [0.1, 0.15) is 6.42 Å². The molecular weight excluding hydrogens is 246 g/mol. The number of anilines is 1. The predicted molar refractivity (Wildman–Crippen MR) is 68.6 cm³/mol. The van der Waals surface area contributed by atoms with Gasteiger partial charge in [-0.1, -0.05) is 0 Å². The van der Waals surface area contributed by atoms with E-state index in [4.69, 9.17) is 4.74 Å². The van der Waals surface area contributed by atoms with Crippen LogP contribution in [-0.2, 0) is 16.6 Å². The number of carbonyl (C=O) groups is 1. The molecule has 3 heterocycles. The van der Waals surface area contributed by atoms with Crippen molar-refractivity contribution < 1.29 is 9.53 Å². The number of fused-ring (bicyclic) bond motifs is 1. The van der Waals surface area contributed by atoms with Crippen LogP contribution in [0, 0.1) is 11.3 Å². The van der Waals surface area contributed by atoms with Crippen molar-refractivity contribution in [2.75, 3.05) is 38.3 Å². The summed E-state index contributed by atoms with van der Waals surface area (Å²) >= 11 is 0. The molecule has 2 saturated heterocycles. The lowest BCUT2D eigenvalue weighted by atomic mass is 9.73. The molecular formula is C12H19N5O2. The normalized spacial score (nSPS) is 30.2. The third-order valence-corrected chi connectivity index (χ3v) is 4.36. The van der Waals surface area contributed by atoms with E-state index in [1.807, 2.05) is 7.05 Å². The molecule has 0 aliphatic carbocycles. The summed E-state index contributed by atoms with van der Waals surface area (Å²) in [6.07, 6.45) is 2.31. The minimum absolute atomic E-state index is 0.116. The van der Waals surface area contributed by atoms with Crippen LogP contribution in [0.4, 0.5) is 5.95 Å². The number of carbonyl (C=O) groups excluding carboxylic acids is 1. The van der Waals surface area contributed by atoms with E-state index >= 15 is 0 Å². The summed E-state index contributed by atoms with van der Waals surface area (Å²) in [6.45, 7) is 2.77. The van der Waals surface area contributed by atoms with Gasteiger partial charge in [-0.25, -0.2) is 4.68 Å². The zero-order valence-electron chi connectivity index (χ0n) is 11.3. The van der Waals surface area contributed by atoms with Crippen LogP contribution in [0.25, 0.3) is 0 Å². The van der Waals surface area contributed by atoms with E-state index in [0.29, 0.717) is 19.8 Å². The Balaban J connectivity index is 1.90. The second-order valence-electron chi connectivity index (χ2n) is 5.32. The number of nitrogens with zero attached hydrogens (tertiary/aromatic N) is 4. The monoisotopic (exact) mass is 265 g/mol. The van der Waals surface area contributed by atoms with Crippen molar-refractivity contribution >= 4 is 11.9 Å². The van der Waals surface area contributed by atoms with Gasteiger partial charge >= 0.3 is 0 Å². The number of ether oxygens (including phenoxy) is 1. The highest BCUT2D eigenvalue weighted by molar-refractivity contribution is 5.84. The summed E-state index contributed by atoms with van der Waals surface area (Å²) in [5, 5.41) is 6.91. The van der Waals surface area contributed by atoms with Crippen molar-refractivity contribution in [1.82, 2.24) is 20.1 Å². The molecule has 2 atom stereocenters. The van der Waals surface area contributed by atoms with Crippen molar-refractivity contribution in [2.24, 2.45) is 18.4 Å². The van der Waals surface area contributed by atoms with Crippen LogP contribution < -0.4 is 10.2 Å². The van der Waals surface area contributed by atoms with Gasteiger partial charge in [0.1, 0.15) is 6.33 Å². The lowest BCUT2D eigenvalue weighted by Crippen LogP contribution is -2.49. The van der Waals surface area contributed by atoms with Gasteiger partial charge in [0.2, 0.25) is 11.9 Å². The fourth-order valence-corrected chi connectivity index (χ4v) is 3.30. The number of amides is 1. The van der Waals surface area contributed by atoms with E-state index < -0.39 is 0 Å². The Bertz CT molecular complexity index is 488. The van der Waals surface area contributed by atoms with E-state index in [1.165, 1.54) is 0 Å². The molecule has 1 aromatic rings. The number of aryl methyl sites for hydroxylation is 1. The Morgan fingerprint density at radius 2 is 2.47 bits per heavy atom. The number of nitrogens with one attached hydrogen (secondary N) is 1. The lowest BCUT2D eigenvalue weighted by molar-refractivity contribution is -0.138. The lowest BCUT2D eigenvalue weighted by Gasteiger charge is -2.36. The van der Waals surface area contributed by atoms with Gasteiger partial charge < -0.3 is 15.0 Å². The third kappa shape index (κ3) is 1.80. The van der Waals surface area contributed by atoms with Crippen molar-refractivity contribution in [3.05, 3.63) is 6.33 Å². The fraction of sp³-hybridized carbons (Fsp3) is 0.750. The molecule has 1 aromatic heterocycles. The Kier molecular flexibility index (Phi) is 2.93. The van der Waals surface area contributed by atoms with Crippen LogP contribution in [0.2, 0.25) is 0 Å². The highest BCUT2D eigenvalue weighted by atomic mass is 16.5. The van der Waals surface area contributed by atoms with Crippen LogP contribution in [0.3, 0.4) is 0 Å². The van der Waals surface area contributed by atoms with E-state index in [1.54, 1.807) is 18.1 Å². The maximum Gasteiger partial charge on any atom is 0.228 e. The molecule has 0 aromatic carbocycles. The molecule has 0 radical (unpaired) electrons. The van der Waals surface area contributed by atoms with Gasteiger partial charge in [0.05, 0.1) is 12.0 Å². The van der Waals surface area contributed by atoms with E-state index in [-0.39, 0.29) is 17.2 Å². The maximum absolute atomic E-state index is 12.3. The molecule has 3 rings (SSSR count). The van der Waals surface area contributed by atoms with E-state index in [9.17, 15) is 4.79 Å². The van der Waals surface area contributed by atoms with Crippen molar-refractivity contribution in [2.45, 2.75) is 6.42 Å². The van der Waals surface area contributed by atoms with Gasteiger partial charge in [-0.05, 0) is 6.42 Å². The Morgan fingerprint density at radius 1 is 1.63 bits per heavy atom. The Hall–Kier alpha value is -1.63. The van der Waals surface area contributed by atoms with Gasteiger partial charge in [0, 0.05) is 39.7 Å². The molecule has 0 spiro atoms. The van der Waals surface area contributed by atoms with Crippen LogP contribution in [0.5, 0.6) is 0 Å². The third-order valence-electron chi connectivity index (χ3n) is 4.36. The Morgan fingerprint density at radius 3 is 3.16 bits per heavy atom. The van der Waals surface area contributed by atoms with Gasteiger partial charge in [0.15, 0.2) is 0 Å². The van der Waals surface area contributed by atoms with E-state index in [2.05, 4.69) is 20.3 Å². The number of hydrogen-bond acceptors (Lipinski definition) is 5. The molecule has 2 fully saturated rings. The molecule has 2 aliphatic rings. The van der Waals surface area contributed by atoms with Crippen LogP contribution in [0.15, 0.2) is 6.33 Å². The minimum Gasteiger partial charge on any atom is -0.381 e. The topological polar surface area (TPSA) is 72.3 Å². The quantitative estimate of drug-likeness (QED) is 0.773. The molecule has 7 nitrogen and oxygen atoms in total. The first-order chi connectivity index (χ1) is 9.17. The van der Waals surface area contributed by atoms with Gasteiger partial charge in [-0.15, -0.1) is 0 Å². The number of aromatic nitrogens is 3. The average molecular weight is 265 g/mol. The summed E-state index contributed by atoms with van der Waals surface area (Å²) in [5.41, 5.74) is -0.348. The standard InChI is InChI=1S/C12H19N5O2/c1-13-10(18)12-3-4-19-6-9(12)5-17(7-12)11-14-8-15-16(11)2/h8-9H,3-7H2,1-2H3,(H,13,18)/t9-,12+/m1/s1. The highest BCUT2D eigenvalue weighted by Crippen LogP contribution is 2.43.